The summed E-state index contributed by atoms with van der Waals surface area (Å²) in [5, 5.41) is 16.8. The van der Waals surface area contributed by atoms with Crippen LogP contribution in [0.25, 0.3) is 0 Å². The van der Waals surface area contributed by atoms with E-state index in [1.54, 1.807) is 0 Å². The third kappa shape index (κ3) is 3.05. The Balaban J connectivity index is 2.81. The van der Waals surface area contributed by atoms with Crippen molar-refractivity contribution >= 4 is 0 Å². The molecule has 0 radical (unpaired) electrons. The Morgan fingerprint density at radius 1 is 1.33 bits per heavy atom. The van der Waals surface area contributed by atoms with Gasteiger partial charge in [0, 0.05) is 6.54 Å². The fourth-order valence-electron chi connectivity index (χ4n) is 1.58. The molecule has 0 aliphatic carbocycles. The van der Waals surface area contributed by atoms with Crippen molar-refractivity contribution in [2.45, 2.75) is 52.5 Å². The number of nitriles is 1. The Hall–Kier alpha value is -1.37. The predicted molar refractivity (Wildman–Crippen MR) is 58.2 cm³/mol. The zero-order chi connectivity index (χ0) is 11.1. The number of rotatable bonds is 6. The predicted octanol–water partition coefficient (Wildman–Crippen LogP) is 2.10. The zero-order valence-electron chi connectivity index (χ0n) is 9.53. The van der Waals surface area contributed by atoms with Crippen LogP contribution in [0.5, 0.6) is 0 Å². The van der Waals surface area contributed by atoms with E-state index in [1.807, 2.05) is 4.68 Å². The van der Waals surface area contributed by atoms with Gasteiger partial charge in [0.1, 0.15) is 0 Å². The summed E-state index contributed by atoms with van der Waals surface area (Å²) in [6.07, 6.45) is 4.68. The number of aryl methyl sites for hydroxylation is 1. The van der Waals surface area contributed by atoms with Crippen molar-refractivity contribution < 1.29 is 0 Å². The molecule has 1 aromatic heterocycles. The van der Waals surface area contributed by atoms with Crippen molar-refractivity contribution in [2.75, 3.05) is 0 Å². The lowest BCUT2D eigenvalue weighted by Gasteiger charge is -2.04. The second-order valence-electron chi connectivity index (χ2n) is 3.64. The first-order valence-corrected chi connectivity index (χ1v) is 5.61. The molecule has 0 N–H and O–H groups in total. The van der Waals surface area contributed by atoms with Gasteiger partial charge >= 0.3 is 0 Å². The Bertz CT molecular complexity index is 335. The standard InChI is InChI=1S/C11H18N4/c1-3-5-9-15-11(6-4-2)10(7-8-12)13-14-15/h3-7,9H2,1-2H3. The third-order valence-corrected chi connectivity index (χ3v) is 2.37. The van der Waals surface area contributed by atoms with Crippen LogP contribution in [0.1, 0.15) is 44.5 Å². The quantitative estimate of drug-likeness (QED) is 0.716. The highest BCUT2D eigenvalue weighted by atomic mass is 15.4. The first kappa shape index (κ1) is 11.7. The molecule has 0 aliphatic heterocycles. The largest absolute Gasteiger partial charge is 0.249 e. The Morgan fingerprint density at radius 2 is 2.13 bits per heavy atom. The lowest BCUT2D eigenvalue weighted by molar-refractivity contribution is 0.530. The highest BCUT2D eigenvalue weighted by Gasteiger charge is 2.10. The smallest absolute Gasteiger partial charge is 0.0999 e. The third-order valence-electron chi connectivity index (χ3n) is 2.37. The number of nitrogens with zero attached hydrogens (tertiary/aromatic N) is 4. The summed E-state index contributed by atoms with van der Waals surface area (Å²) in [6.45, 7) is 5.21. The van der Waals surface area contributed by atoms with Crippen molar-refractivity contribution in [3.05, 3.63) is 11.4 Å². The number of aromatic nitrogens is 3. The molecular weight excluding hydrogens is 188 g/mol. The lowest BCUT2D eigenvalue weighted by atomic mass is 10.1. The molecule has 82 valence electrons. The van der Waals surface area contributed by atoms with Crippen LogP contribution in [0.3, 0.4) is 0 Å². The molecule has 0 amide bonds. The van der Waals surface area contributed by atoms with Gasteiger partial charge in [0.15, 0.2) is 0 Å². The Labute approximate surface area is 90.9 Å². The van der Waals surface area contributed by atoms with Gasteiger partial charge in [-0.3, -0.25) is 0 Å². The number of unbranched alkanes of at least 4 members (excludes halogenated alkanes) is 1. The summed E-state index contributed by atoms with van der Waals surface area (Å²) < 4.78 is 1.96. The van der Waals surface area contributed by atoms with E-state index in [1.165, 1.54) is 0 Å². The van der Waals surface area contributed by atoms with Crippen LogP contribution in [0.15, 0.2) is 0 Å². The molecule has 1 aromatic rings. The van der Waals surface area contributed by atoms with E-state index in [9.17, 15) is 0 Å². The van der Waals surface area contributed by atoms with E-state index < -0.39 is 0 Å². The highest BCUT2D eigenvalue weighted by Crippen LogP contribution is 2.10. The lowest BCUT2D eigenvalue weighted by Crippen LogP contribution is -2.06. The van der Waals surface area contributed by atoms with Crippen LogP contribution >= 0.6 is 0 Å². The second kappa shape index (κ2) is 6.18. The molecule has 0 bridgehead atoms. The fraction of sp³-hybridized carbons (Fsp3) is 0.727. The van der Waals surface area contributed by atoms with Gasteiger partial charge in [-0.15, -0.1) is 5.10 Å². The minimum absolute atomic E-state index is 0.376. The first-order valence-electron chi connectivity index (χ1n) is 5.61. The van der Waals surface area contributed by atoms with Gasteiger partial charge in [-0.25, -0.2) is 4.68 Å². The monoisotopic (exact) mass is 206 g/mol. The molecule has 0 fully saturated rings. The molecule has 0 unspecified atom stereocenters. The first-order chi connectivity index (χ1) is 7.33. The number of hydrogen-bond donors (Lipinski definition) is 0. The molecule has 4 heteroatoms. The van der Waals surface area contributed by atoms with Gasteiger partial charge in [-0.2, -0.15) is 5.26 Å². The maximum Gasteiger partial charge on any atom is 0.0999 e. The fourth-order valence-corrected chi connectivity index (χ4v) is 1.58. The van der Waals surface area contributed by atoms with Crippen LogP contribution in [0.4, 0.5) is 0 Å². The molecule has 15 heavy (non-hydrogen) atoms. The van der Waals surface area contributed by atoms with Crippen molar-refractivity contribution in [1.29, 1.82) is 5.26 Å². The molecule has 0 saturated carbocycles. The van der Waals surface area contributed by atoms with Crippen molar-refractivity contribution in [3.63, 3.8) is 0 Å². The average Bonchev–Trinajstić information content (AvgIpc) is 2.60. The van der Waals surface area contributed by atoms with Crippen LogP contribution < -0.4 is 0 Å². The Kier molecular flexibility index (Phi) is 4.82. The van der Waals surface area contributed by atoms with Gasteiger partial charge in [-0.05, 0) is 12.8 Å². The SMILES string of the molecule is CCCCn1nnc(CC#N)c1CCC. The summed E-state index contributed by atoms with van der Waals surface area (Å²) >= 11 is 0. The summed E-state index contributed by atoms with van der Waals surface area (Å²) in [6, 6.07) is 2.14. The highest BCUT2D eigenvalue weighted by molar-refractivity contribution is 5.14. The molecule has 0 atom stereocenters. The van der Waals surface area contributed by atoms with E-state index in [4.69, 9.17) is 5.26 Å². The topological polar surface area (TPSA) is 54.5 Å². The molecular formula is C11H18N4. The summed E-state index contributed by atoms with van der Waals surface area (Å²) in [5.74, 6) is 0. The summed E-state index contributed by atoms with van der Waals surface area (Å²) in [5.41, 5.74) is 2.00. The van der Waals surface area contributed by atoms with E-state index >= 15 is 0 Å². The van der Waals surface area contributed by atoms with Gasteiger partial charge in [0.05, 0.1) is 23.9 Å². The van der Waals surface area contributed by atoms with Crippen molar-refractivity contribution in [2.24, 2.45) is 0 Å². The van der Waals surface area contributed by atoms with Crippen LogP contribution in [0.2, 0.25) is 0 Å². The molecule has 0 aliphatic rings. The van der Waals surface area contributed by atoms with Crippen molar-refractivity contribution in [3.8, 4) is 6.07 Å². The van der Waals surface area contributed by atoms with E-state index in [0.29, 0.717) is 6.42 Å². The average molecular weight is 206 g/mol. The molecule has 1 heterocycles. The molecule has 1 rings (SSSR count). The zero-order valence-corrected chi connectivity index (χ0v) is 9.53. The van der Waals surface area contributed by atoms with Crippen LogP contribution in [0, 0.1) is 11.3 Å². The van der Waals surface area contributed by atoms with Crippen LogP contribution in [-0.2, 0) is 19.4 Å². The molecule has 0 aromatic carbocycles. The molecule has 0 saturated heterocycles. The maximum atomic E-state index is 8.67. The van der Waals surface area contributed by atoms with Crippen molar-refractivity contribution in [1.82, 2.24) is 15.0 Å². The van der Waals surface area contributed by atoms with Gasteiger partial charge in [0.2, 0.25) is 0 Å². The van der Waals surface area contributed by atoms with Gasteiger partial charge in [-0.1, -0.05) is 31.9 Å². The van der Waals surface area contributed by atoms with Crippen LogP contribution in [-0.4, -0.2) is 15.0 Å². The normalized spacial score (nSPS) is 10.2. The van der Waals surface area contributed by atoms with E-state index in [2.05, 4.69) is 30.2 Å². The van der Waals surface area contributed by atoms with E-state index in [-0.39, 0.29) is 0 Å². The maximum absolute atomic E-state index is 8.67. The van der Waals surface area contributed by atoms with Gasteiger partial charge in [0.25, 0.3) is 0 Å². The molecule has 4 nitrogen and oxygen atoms in total. The molecule has 0 spiro atoms. The minimum atomic E-state index is 0.376. The number of hydrogen-bond acceptors (Lipinski definition) is 3. The summed E-state index contributed by atoms with van der Waals surface area (Å²) in [4.78, 5) is 0. The van der Waals surface area contributed by atoms with E-state index in [0.717, 1.165) is 43.6 Å². The van der Waals surface area contributed by atoms with Gasteiger partial charge < -0.3 is 0 Å². The second-order valence-corrected chi connectivity index (χ2v) is 3.64. The summed E-state index contributed by atoms with van der Waals surface area (Å²) in [7, 11) is 0. The Morgan fingerprint density at radius 3 is 2.73 bits per heavy atom. The minimum Gasteiger partial charge on any atom is -0.249 e.